The van der Waals surface area contributed by atoms with Crippen LogP contribution in [0.5, 0.6) is 0 Å². The van der Waals surface area contributed by atoms with E-state index in [1.165, 1.54) is 4.90 Å². The van der Waals surface area contributed by atoms with Gasteiger partial charge in [0.15, 0.2) is 0 Å². The van der Waals surface area contributed by atoms with Gasteiger partial charge in [0.2, 0.25) is 11.8 Å². The van der Waals surface area contributed by atoms with Gasteiger partial charge < -0.3 is 5.32 Å². The average molecular weight is 350 g/mol. The summed E-state index contributed by atoms with van der Waals surface area (Å²) in [6.07, 6.45) is 1.42. The fourth-order valence-corrected chi connectivity index (χ4v) is 3.13. The van der Waals surface area contributed by atoms with Crippen molar-refractivity contribution in [3.8, 4) is 0 Å². The van der Waals surface area contributed by atoms with E-state index in [-0.39, 0.29) is 37.1 Å². The number of nitrogens with zero attached hydrogens (tertiary/aromatic N) is 1. The number of carbonyl (C=O) groups excluding carboxylic acids is 3. The Balaban J connectivity index is 1.72. The monoisotopic (exact) mass is 350 g/mol. The maximum Gasteiger partial charge on any atom is 0.255 e. The summed E-state index contributed by atoms with van der Waals surface area (Å²) in [4.78, 5) is 37.2. The Labute approximate surface area is 153 Å². The van der Waals surface area contributed by atoms with E-state index in [2.05, 4.69) is 12.2 Å². The van der Waals surface area contributed by atoms with Gasteiger partial charge in [-0.05, 0) is 42.2 Å². The number of para-hydroxylation sites is 1. The smallest absolute Gasteiger partial charge is 0.255 e. The molecule has 3 rings (SSSR count). The highest BCUT2D eigenvalue weighted by atomic mass is 16.2. The van der Waals surface area contributed by atoms with Crippen LogP contribution in [0.25, 0.3) is 0 Å². The fraction of sp³-hybridized carbons (Fsp3) is 0.286. The molecule has 0 aromatic heterocycles. The predicted molar refractivity (Wildman–Crippen MR) is 99.7 cm³/mol. The second kappa shape index (κ2) is 7.52. The van der Waals surface area contributed by atoms with E-state index in [4.69, 9.17) is 0 Å². The van der Waals surface area contributed by atoms with Gasteiger partial charge in [-0.2, -0.15) is 0 Å². The molecule has 134 valence electrons. The van der Waals surface area contributed by atoms with Gasteiger partial charge in [0.05, 0.1) is 6.54 Å². The number of amides is 3. The first-order valence-corrected chi connectivity index (χ1v) is 8.81. The Hall–Kier alpha value is -2.95. The molecule has 1 aliphatic rings. The molecule has 1 N–H and O–H groups in total. The third kappa shape index (κ3) is 3.67. The minimum absolute atomic E-state index is 0.136. The molecule has 0 bridgehead atoms. The molecule has 1 aliphatic heterocycles. The van der Waals surface area contributed by atoms with Crippen LogP contribution in [0.2, 0.25) is 0 Å². The van der Waals surface area contributed by atoms with Crippen LogP contribution in [-0.4, -0.2) is 22.6 Å². The number of hydrogen-bond acceptors (Lipinski definition) is 3. The summed E-state index contributed by atoms with van der Waals surface area (Å²) in [6, 6.07) is 13.0. The lowest BCUT2D eigenvalue weighted by atomic mass is 10.0. The highest BCUT2D eigenvalue weighted by Gasteiger charge is 2.28. The van der Waals surface area contributed by atoms with Crippen molar-refractivity contribution in [2.45, 2.75) is 39.7 Å². The first-order chi connectivity index (χ1) is 12.5. The molecule has 2 aromatic rings. The molecule has 1 heterocycles. The molecule has 0 unspecified atom stereocenters. The molecular formula is C21H22N2O3. The molecule has 3 amide bonds. The van der Waals surface area contributed by atoms with Crippen LogP contribution < -0.4 is 5.32 Å². The quantitative estimate of drug-likeness (QED) is 0.840. The normalized spacial score (nSPS) is 14.0. The second-order valence-corrected chi connectivity index (χ2v) is 6.49. The zero-order valence-corrected chi connectivity index (χ0v) is 15.0. The number of carbonyl (C=O) groups is 3. The fourth-order valence-electron chi connectivity index (χ4n) is 3.13. The predicted octanol–water partition coefficient (Wildman–Crippen LogP) is 3.46. The van der Waals surface area contributed by atoms with Crippen molar-refractivity contribution in [3.63, 3.8) is 0 Å². The summed E-state index contributed by atoms with van der Waals surface area (Å²) < 4.78 is 0. The topological polar surface area (TPSA) is 66.5 Å². The van der Waals surface area contributed by atoms with E-state index in [0.29, 0.717) is 5.56 Å². The number of rotatable bonds is 5. The molecule has 1 saturated heterocycles. The summed E-state index contributed by atoms with van der Waals surface area (Å²) in [5.74, 6) is -0.444. The van der Waals surface area contributed by atoms with E-state index in [9.17, 15) is 14.4 Å². The second-order valence-electron chi connectivity index (χ2n) is 6.49. The maximum absolute atomic E-state index is 12.6. The molecule has 5 heteroatoms. The zero-order valence-electron chi connectivity index (χ0n) is 15.0. The maximum atomic E-state index is 12.6. The van der Waals surface area contributed by atoms with Crippen molar-refractivity contribution in [3.05, 3.63) is 64.7 Å². The number of anilines is 1. The lowest BCUT2D eigenvalue weighted by molar-refractivity contribution is -0.139. The van der Waals surface area contributed by atoms with Crippen molar-refractivity contribution in [1.82, 2.24) is 4.90 Å². The van der Waals surface area contributed by atoms with Crippen LogP contribution in [0.4, 0.5) is 5.69 Å². The van der Waals surface area contributed by atoms with Gasteiger partial charge in [0, 0.05) is 24.1 Å². The van der Waals surface area contributed by atoms with Gasteiger partial charge in [0.1, 0.15) is 0 Å². The Bertz CT molecular complexity index is 840. The SMILES string of the molecule is CCc1cccc(C)c1NC(=O)c1ccc(CN2C(=O)CCC2=O)cc1. The summed E-state index contributed by atoms with van der Waals surface area (Å²) in [5.41, 5.74) is 4.35. The third-order valence-electron chi connectivity index (χ3n) is 4.69. The molecule has 2 aromatic carbocycles. The standard InChI is InChI=1S/C21H22N2O3/c1-3-16-6-4-5-14(2)20(16)22-21(26)17-9-7-15(8-10-17)13-23-18(24)11-12-19(23)25/h4-10H,3,11-13H2,1-2H3,(H,22,26). The van der Waals surface area contributed by atoms with Gasteiger partial charge in [-0.1, -0.05) is 37.3 Å². The summed E-state index contributed by atoms with van der Waals surface area (Å²) in [5, 5.41) is 3.00. The largest absolute Gasteiger partial charge is 0.321 e. The Morgan fingerprint density at radius 3 is 2.31 bits per heavy atom. The number of aryl methyl sites for hydroxylation is 2. The minimum atomic E-state index is -0.172. The lowest BCUT2D eigenvalue weighted by Gasteiger charge is -2.15. The number of nitrogens with one attached hydrogen (secondary N) is 1. The first kappa shape index (κ1) is 17.9. The molecule has 0 radical (unpaired) electrons. The third-order valence-corrected chi connectivity index (χ3v) is 4.69. The molecule has 0 aliphatic carbocycles. The van der Waals surface area contributed by atoms with Crippen LogP contribution in [0.15, 0.2) is 42.5 Å². The van der Waals surface area contributed by atoms with Gasteiger partial charge >= 0.3 is 0 Å². The summed E-state index contributed by atoms with van der Waals surface area (Å²) >= 11 is 0. The van der Waals surface area contributed by atoms with E-state index >= 15 is 0 Å². The highest BCUT2D eigenvalue weighted by molar-refractivity contribution is 6.05. The van der Waals surface area contributed by atoms with Gasteiger partial charge in [-0.25, -0.2) is 0 Å². The molecule has 0 saturated carbocycles. The molecular weight excluding hydrogens is 328 g/mol. The van der Waals surface area contributed by atoms with Crippen molar-refractivity contribution in [1.29, 1.82) is 0 Å². The summed E-state index contributed by atoms with van der Waals surface area (Å²) in [7, 11) is 0. The van der Waals surface area contributed by atoms with E-state index in [0.717, 1.165) is 28.8 Å². The lowest BCUT2D eigenvalue weighted by Crippen LogP contribution is -2.28. The molecule has 0 spiro atoms. The molecule has 5 nitrogen and oxygen atoms in total. The number of hydrogen-bond donors (Lipinski definition) is 1. The van der Waals surface area contributed by atoms with Crippen LogP contribution in [-0.2, 0) is 22.6 Å². The van der Waals surface area contributed by atoms with Gasteiger partial charge in [0.25, 0.3) is 5.91 Å². The van der Waals surface area contributed by atoms with Gasteiger partial charge in [-0.3, -0.25) is 19.3 Å². The first-order valence-electron chi connectivity index (χ1n) is 8.81. The van der Waals surface area contributed by atoms with E-state index in [1.54, 1.807) is 24.3 Å². The van der Waals surface area contributed by atoms with Crippen molar-refractivity contribution < 1.29 is 14.4 Å². The molecule has 0 atom stereocenters. The average Bonchev–Trinajstić information content (AvgIpc) is 2.96. The van der Waals surface area contributed by atoms with E-state index < -0.39 is 0 Å². The Morgan fingerprint density at radius 2 is 1.69 bits per heavy atom. The molecule has 1 fully saturated rings. The highest BCUT2D eigenvalue weighted by Crippen LogP contribution is 2.22. The number of imide groups is 1. The number of benzene rings is 2. The zero-order chi connectivity index (χ0) is 18.7. The van der Waals surface area contributed by atoms with E-state index in [1.807, 2.05) is 25.1 Å². The van der Waals surface area contributed by atoms with Crippen molar-refractivity contribution in [2.24, 2.45) is 0 Å². The van der Waals surface area contributed by atoms with Crippen molar-refractivity contribution >= 4 is 23.4 Å². The minimum Gasteiger partial charge on any atom is -0.321 e. The summed E-state index contributed by atoms with van der Waals surface area (Å²) in [6.45, 7) is 4.29. The van der Waals surface area contributed by atoms with Crippen LogP contribution in [0.1, 0.15) is 46.8 Å². The Morgan fingerprint density at radius 1 is 1.04 bits per heavy atom. The molecule has 26 heavy (non-hydrogen) atoms. The van der Waals surface area contributed by atoms with Crippen molar-refractivity contribution in [2.75, 3.05) is 5.32 Å². The van der Waals surface area contributed by atoms with Crippen LogP contribution >= 0.6 is 0 Å². The van der Waals surface area contributed by atoms with Crippen LogP contribution in [0, 0.1) is 6.92 Å². The Kier molecular flexibility index (Phi) is 5.16. The number of likely N-dealkylation sites (tertiary alicyclic amines) is 1. The van der Waals surface area contributed by atoms with Gasteiger partial charge in [-0.15, -0.1) is 0 Å². The van der Waals surface area contributed by atoms with Crippen LogP contribution in [0.3, 0.4) is 0 Å².